The van der Waals surface area contributed by atoms with E-state index >= 15 is 0 Å². The summed E-state index contributed by atoms with van der Waals surface area (Å²) in [5.41, 5.74) is 2.38. The van der Waals surface area contributed by atoms with Crippen molar-refractivity contribution in [2.45, 2.75) is 44.6 Å². The van der Waals surface area contributed by atoms with E-state index in [0.29, 0.717) is 5.92 Å². The Labute approximate surface area is 103 Å². The molecule has 0 spiro atoms. The Kier molecular flexibility index (Phi) is 2.44. The van der Waals surface area contributed by atoms with Crippen LogP contribution in [0.15, 0.2) is 18.2 Å². The summed E-state index contributed by atoms with van der Waals surface area (Å²) in [5, 5.41) is 10.3. The van der Waals surface area contributed by atoms with E-state index in [1.807, 2.05) is 12.1 Å². The Morgan fingerprint density at radius 3 is 2.76 bits per heavy atom. The van der Waals surface area contributed by atoms with Gasteiger partial charge >= 0.3 is 0 Å². The zero-order chi connectivity index (χ0) is 12.0. The first-order valence-electron chi connectivity index (χ1n) is 6.53. The molecule has 1 aromatic carbocycles. The minimum absolute atomic E-state index is 0.0741. The van der Waals surface area contributed by atoms with Crippen LogP contribution in [0.25, 0.3) is 0 Å². The van der Waals surface area contributed by atoms with Gasteiger partial charge in [0.05, 0.1) is 12.7 Å². The van der Waals surface area contributed by atoms with Crippen LogP contribution in [-0.2, 0) is 5.41 Å². The summed E-state index contributed by atoms with van der Waals surface area (Å²) in [6.07, 6.45) is 3.31. The molecule has 1 aliphatic carbocycles. The lowest BCUT2D eigenvalue weighted by Gasteiger charge is -2.31. The maximum absolute atomic E-state index is 10.3. The lowest BCUT2D eigenvalue weighted by Crippen LogP contribution is -2.21. The van der Waals surface area contributed by atoms with Crippen LogP contribution in [0.1, 0.15) is 50.3 Å². The van der Waals surface area contributed by atoms with Crippen molar-refractivity contribution in [1.29, 1.82) is 0 Å². The van der Waals surface area contributed by atoms with Crippen molar-refractivity contribution in [3.63, 3.8) is 0 Å². The highest BCUT2D eigenvalue weighted by molar-refractivity contribution is 5.45. The maximum atomic E-state index is 10.3. The molecule has 0 bridgehead atoms. The molecule has 0 amide bonds. The van der Waals surface area contributed by atoms with E-state index in [9.17, 15) is 5.11 Å². The van der Waals surface area contributed by atoms with Crippen LogP contribution >= 0.6 is 0 Å². The molecule has 17 heavy (non-hydrogen) atoms. The van der Waals surface area contributed by atoms with E-state index in [1.165, 1.54) is 12.0 Å². The SMILES string of the molecule is CC1(C)COc2ccc(C(O)C3CCC3)cc21. The van der Waals surface area contributed by atoms with Gasteiger partial charge in [0, 0.05) is 11.0 Å². The summed E-state index contributed by atoms with van der Waals surface area (Å²) in [4.78, 5) is 0. The molecule has 92 valence electrons. The fourth-order valence-corrected chi connectivity index (χ4v) is 2.75. The summed E-state index contributed by atoms with van der Waals surface area (Å²) < 4.78 is 5.67. The van der Waals surface area contributed by atoms with Crippen molar-refractivity contribution >= 4 is 0 Å². The molecule has 0 radical (unpaired) electrons. The van der Waals surface area contributed by atoms with Crippen LogP contribution < -0.4 is 4.74 Å². The van der Waals surface area contributed by atoms with E-state index < -0.39 is 0 Å². The molecule has 0 saturated heterocycles. The Morgan fingerprint density at radius 2 is 2.12 bits per heavy atom. The molecular formula is C15H20O2. The number of benzene rings is 1. The maximum Gasteiger partial charge on any atom is 0.123 e. The zero-order valence-electron chi connectivity index (χ0n) is 10.6. The quantitative estimate of drug-likeness (QED) is 0.848. The smallest absolute Gasteiger partial charge is 0.123 e. The molecular weight excluding hydrogens is 212 g/mol. The summed E-state index contributed by atoms with van der Waals surface area (Å²) in [5.74, 6) is 1.46. The van der Waals surface area contributed by atoms with Crippen molar-refractivity contribution in [3.8, 4) is 5.75 Å². The minimum atomic E-state index is -0.287. The molecule has 0 aromatic heterocycles. The second kappa shape index (κ2) is 3.74. The summed E-state index contributed by atoms with van der Waals surface area (Å²) in [6, 6.07) is 6.18. The minimum Gasteiger partial charge on any atom is -0.492 e. The lowest BCUT2D eigenvalue weighted by atomic mass is 9.77. The van der Waals surface area contributed by atoms with Crippen molar-refractivity contribution in [2.24, 2.45) is 5.92 Å². The molecule has 1 aromatic rings. The first kappa shape index (κ1) is 11.1. The highest BCUT2D eigenvalue weighted by Crippen LogP contribution is 2.42. The number of fused-ring (bicyclic) bond motifs is 1. The molecule has 2 nitrogen and oxygen atoms in total. The van der Waals surface area contributed by atoms with Crippen LogP contribution in [0.4, 0.5) is 0 Å². The Morgan fingerprint density at radius 1 is 1.35 bits per heavy atom. The zero-order valence-corrected chi connectivity index (χ0v) is 10.6. The number of rotatable bonds is 2. The third kappa shape index (κ3) is 1.75. The molecule has 2 heteroatoms. The second-order valence-electron chi connectivity index (χ2n) is 6.06. The Balaban J connectivity index is 1.92. The van der Waals surface area contributed by atoms with Gasteiger partial charge in [-0.3, -0.25) is 0 Å². The first-order valence-corrected chi connectivity index (χ1v) is 6.53. The van der Waals surface area contributed by atoms with Gasteiger partial charge in [-0.05, 0) is 36.5 Å². The van der Waals surface area contributed by atoms with Crippen LogP contribution in [0, 0.1) is 5.92 Å². The number of hydrogen-bond donors (Lipinski definition) is 1. The third-order valence-corrected chi connectivity index (χ3v) is 4.26. The van der Waals surface area contributed by atoms with Crippen molar-refractivity contribution in [2.75, 3.05) is 6.61 Å². The number of ether oxygens (including phenoxy) is 1. The lowest BCUT2D eigenvalue weighted by molar-refractivity contribution is 0.0620. The molecule has 1 heterocycles. The predicted molar refractivity (Wildman–Crippen MR) is 67.3 cm³/mol. The summed E-state index contributed by atoms with van der Waals surface area (Å²) in [6.45, 7) is 5.13. The number of hydrogen-bond acceptors (Lipinski definition) is 2. The van der Waals surface area contributed by atoms with Gasteiger partial charge < -0.3 is 9.84 Å². The molecule has 2 aliphatic rings. The predicted octanol–water partition coefficient (Wildman–Crippen LogP) is 3.19. The summed E-state index contributed by atoms with van der Waals surface area (Å²) in [7, 11) is 0. The van der Waals surface area contributed by atoms with Gasteiger partial charge in [0.2, 0.25) is 0 Å². The average molecular weight is 232 g/mol. The molecule has 3 rings (SSSR count). The van der Waals surface area contributed by atoms with Crippen molar-refractivity contribution in [1.82, 2.24) is 0 Å². The van der Waals surface area contributed by atoms with E-state index in [4.69, 9.17) is 4.74 Å². The van der Waals surface area contributed by atoms with Crippen LogP contribution in [-0.4, -0.2) is 11.7 Å². The van der Waals surface area contributed by atoms with Gasteiger partial charge in [0.1, 0.15) is 5.75 Å². The molecule has 1 unspecified atom stereocenters. The van der Waals surface area contributed by atoms with Gasteiger partial charge in [0.15, 0.2) is 0 Å². The second-order valence-corrected chi connectivity index (χ2v) is 6.06. The topological polar surface area (TPSA) is 29.5 Å². The normalized spacial score (nSPS) is 23.7. The van der Waals surface area contributed by atoms with E-state index in [1.54, 1.807) is 0 Å². The van der Waals surface area contributed by atoms with Gasteiger partial charge in [-0.2, -0.15) is 0 Å². The molecule has 1 aliphatic heterocycles. The van der Waals surface area contributed by atoms with Gasteiger partial charge in [-0.25, -0.2) is 0 Å². The van der Waals surface area contributed by atoms with E-state index in [2.05, 4.69) is 19.9 Å². The van der Waals surface area contributed by atoms with Crippen LogP contribution in [0.3, 0.4) is 0 Å². The molecule has 1 N–H and O–H groups in total. The monoisotopic (exact) mass is 232 g/mol. The van der Waals surface area contributed by atoms with E-state index in [0.717, 1.165) is 30.8 Å². The van der Waals surface area contributed by atoms with Crippen LogP contribution in [0.2, 0.25) is 0 Å². The van der Waals surface area contributed by atoms with Crippen molar-refractivity contribution in [3.05, 3.63) is 29.3 Å². The average Bonchev–Trinajstić information content (AvgIpc) is 2.52. The number of aliphatic hydroxyl groups excluding tert-OH is 1. The van der Waals surface area contributed by atoms with Crippen molar-refractivity contribution < 1.29 is 9.84 Å². The van der Waals surface area contributed by atoms with Crippen LogP contribution in [0.5, 0.6) is 5.75 Å². The summed E-state index contributed by atoms with van der Waals surface area (Å²) >= 11 is 0. The van der Waals surface area contributed by atoms with Gasteiger partial charge in [-0.1, -0.05) is 26.3 Å². The fraction of sp³-hybridized carbons (Fsp3) is 0.600. The largest absolute Gasteiger partial charge is 0.492 e. The standard InChI is InChI=1S/C15H20O2/c1-15(2)9-17-13-7-6-11(8-12(13)15)14(16)10-4-3-5-10/h6-8,10,14,16H,3-5,9H2,1-2H3. The molecule has 1 fully saturated rings. The van der Waals surface area contributed by atoms with Gasteiger partial charge in [0.25, 0.3) is 0 Å². The fourth-order valence-electron chi connectivity index (χ4n) is 2.75. The Hall–Kier alpha value is -1.02. The number of aliphatic hydroxyl groups is 1. The molecule has 1 atom stereocenters. The first-order chi connectivity index (χ1) is 8.08. The highest BCUT2D eigenvalue weighted by Gasteiger charge is 2.33. The van der Waals surface area contributed by atoms with E-state index in [-0.39, 0.29) is 11.5 Å². The van der Waals surface area contributed by atoms with Gasteiger partial charge in [-0.15, -0.1) is 0 Å². The molecule has 1 saturated carbocycles. The highest BCUT2D eigenvalue weighted by atomic mass is 16.5. The third-order valence-electron chi connectivity index (χ3n) is 4.26. The Bertz CT molecular complexity index is 433.